The van der Waals surface area contributed by atoms with Gasteiger partial charge in [-0.15, -0.1) is 0 Å². The molecule has 0 fully saturated rings. The lowest BCUT2D eigenvalue weighted by atomic mass is 10.0. The van der Waals surface area contributed by atoms with Gasteiger partial charge in [-0.25, -0.2) is 4.98 Å². The Labute approximate surface area is 140 Å². The zero-order valence-corrected chi connectivity index (χ0v) is 14.0. The average molecular weight is 316 g/mol. The number of rotatable bonds is 0. The zero-order chi connectivity index (χ0) is 16.7. The molecule has 5 rings (SSSR count). The first-order valence-electron chi connectivity index (χ1n) is 8.55. The van der Waals surface area contributed by atoms with Gasteiger partial charge in [-0.05, 0) is 48.6 Å². The van der Waals surface area contributed by atoms with Gasteiger partial charge >= 0.3 is 0 Å². The van der Waals surface area contributed by atoms with Gasteiger partial charge in [0.25, 0.3) is 0 Å². The minimum atomic E-state index is 0.279. The van der Waals surface area contributed by atoms with E-state index in [1.165, 1.54) is 10.6 Å². The van der Waals surface area contributed by atoms with E-state index in [9.17, 15) is 5.11 Å². The van der Waals surface area contributed by atoms with E-state index in [1.807, 2.05) is 44.2 Å². The molecule has 3 nitrogen and oxygen atoms in total. The van der Waals surface area contributed by atoms with Crippen LogP contribution in [-0.2, 0) is 0 Å². The van der Waals surface area contributed by atoms with Crippen LogP contribution in [-0.4, -0.2) is 14.5 Å². The molecule has 0 atom stereocenters. The van der Waals surface area contributed by atoms with Gasteiger partial charge < -0.3 is 5.11 Å². The van der Waals surface area contributed by atoms with E-state index < -0.39 is 0 Å². The summed E-state index contributed by atoms with van der Waals surface area (Å²) in [5.74, 6) is 0.279. The van der Waals surface area contributed by atoms with Crippen molar-refractivity contribution in [2.75, 3.05) is 0 Å². The highest BCUT2D eigenvalue weighted by Gasteiger charge is 2.12. The number of nitrogens with zero attached hydrogens (tertiary/aromatic N) is 2. The second-order valence-corrected chi connectivity index (χ2v) is 5.77. The van der Waals surface area contributed by atoms with Crippen LogP contribution in [0.15, 0.2) is 42.5 Å². The molecule has 1 N–H and O–H groups in total. The number of hydrogen-bond acceptors (Lipinski definition) is 2. The van der Waals surface area contributed by atoms with Gasteiger partial charge in [0.2, 0.25) is 0 Å². The Morgan fingerprint density at radius 2 is 1.75 bits per heavy atom. The zero-order valence-electron chi connectivity index (χ0n) is 14.0. The number of aromatic nitrogens is 2. The van der Waals surface area contributed by atoms with Crippen molar-refractivity contribution in [3.63, 3.8) is 0 Å². The van der Waals surface area contributed by atoms with Gasteiger partial charge in [-0.2, -0.15) is 0 Å². The van der Waals surface area contributed by atoms with E-state index in [4.69, 9.17) is 4.98 Å². The Bertz CT molecular complexity index is 1190. The van der Waals surface area contributed by atoms with E-state index in [0.29, 0.717) is 0 Å². The van der Waals surface area contributed by atoms with Gasteiger partial charge in [0.1, 0.15) is 11.4 Å². The molecule has 0 aliphatic heterocycles. The van der Waals surface area contributed by atoms with E-state index in [-0.39, 0.29) is 5.75 Å². The van der Waals surface area contributed by atoms with Crippen molar-refractivity contribution in [2.45, 2.75) is 26.7 Å². The molecule has 1 aliphatic carbocycles. The average Bonchev–Trinajstić information content (AvgIpc) is 3.03. The minimum Gasteiger partial charge on any atom is -0.508 e. The number of imidazole rings is 1. The van der Waals surface area contributed by atoms with Gasteiger partial charge in [-0.1, -0.05) is 38.1 Å². The molecule has 0 unspecified atom stereocenters. The van der Waals surface area contributed by atoms with Crippen molar-refractivity contribution in [2.24, 2.45) is 0 Å². The third kappa shape index (κ3) is 2.01. The second-order valence-electron chi connectivity index (χ2n) is 5.77. The van der Waals surface area contributed by atoms with E-state index in [0.717, 1.165) is 40.3 Å². The predicted molar refractivity (Wildman–Crippen MR) is 101 cm³/mol. The largest absolute Gasteiger partial charge is 0.508 e. The second kappa shape index (κ2) is 5.68. The minimum absolute atomic E-state index is 0.279. The number of aromatic hydroxyl groups is 1. The molecule has 0 radical (unpaired) electrons. The van der Waals surface area contributed by atoms with Gasteiger partial charge in [0, 0.05) is 10.6 Å². The van der Waals surface area contributed by atoms with Crippen LogP contribution in [0.2, 0.25) is 0 Å². The van der Waals surface area contributed by atoms with E-state index in [1.54, 1.807) is 6.07 Å². The summed E-state index contributed by atoms with van der Waals surface area (Å²) in [7, 11) is 0. The molecule has 0 spiro atoms. The van der Waals surface area contributed by atoms with Crippen LogP contribution >= 0.6 is 0 Å². The SMILES string of the molecule is CC.Oc1ccc2c3c(n4c5ccccc5nc4c2c1)=CCCC=3. The smallest absolute Gasteiger partial charge is 0.146 e. The molecule has 0 saturated carbocycles. The lowest BCUT2D eigenvalue weighted by Gasteiger charge is -2.09. The summed E-state index contributed by atoms with van der Waals surface area (Å²) in [5.41, 5.74) is 3.02. The third-order valence-corrected chi connectivity index (χ3v) is 4.46. The van der Waals surface area contributed by atoms with Crippen LogP contribution in [0.25, 0.3) is 39.6 Å². The molecule has 0 amide bonds. The van der Waals surface area contributed by atoms with Crippen LogP contribution in [0.1, 0.15) is 26.7 Å². The number of para-hydroxylation sites is 2. The Balaban J connectivity index is 0.000000704. The van der Waals surface area contributed by atoms with Gasteiger partial charge in [0.05, 0.1) is 16.4 Å². The number of pyridine rings is 1. The molecule has 4 aromatic rings. The molecule has 3 heteroatoms. The van der Waals surface area contributed by atoms with Crippen molar-refractivity contribution >= 4 is 39.6 Å². The monoisotopic (exact) mass is 316 g/mol. The lowest BCUT2D eigenvalue weighted by molar-refractivity contribution is 0.476. The quantitative estimate of drug-likeness (QED) is 0.537. The summed E-state index contributed by atoms with van der Waals surface area (Å²) in [4.78, 5) is 4.81. The standard InChI is InChI=1S/C19H14N2O.C2H6/c22-12-9-10-13-14-5-1-3-7-17(14)21-18-8-4-2-6-16(18)20-19(21)15(13)11-12;1-2/h2,4-11,22H,1,3H2;1-2H3. The van der Waals surface area contributed by atoms with Crippen molar-refractivity contribution < 1.29 is 5.11 Å². The van der Waals surface area contributed by atoms with Crippen LogP contribution in [0.5, 0.6) is 5.75 Å². The summed E-state index contributed by atoms with van der Waals surface area (Å²) in [6.07, 6.45) is 6.70. The van der Waals surface area contributed by atoms with Crippen LogP contribution in [0, 0.1) is 0 Å². The number of fused-ring (bicyclic) bond motifs is 8. The predicted octanol–water partition coefficient (Wildman–Crippen LogP) is 3.73. The Morgan fingerprint density at radius 3 is 2.62 bits per heavy atom. The molecule has 0 bridgehead atoms. The molecule has 0 saturated heterocycles. The summed E-state index contributed by atoms with van der Waals surface area (Å²) in [5, 5.41) is 14.5. The molecule has 1 aliphatic rings. The summed E-state index contributed by atoms with van der Waals surface area (Å²) in [6.45, 7) is 4.00. The highest BCUT2D eigenvalue weighted by molar-refractivity contribution is 5.99. The number of benzene rings is 2. The first-order chi connectivity index (χ1) is 11.8. The molecular formula is C21H20N2O. The maximum Gasteiger partial charge on any atom is 0.146 e. The maximum atomic E-state index is 9.91. The first-order valence-corrected chi connectivity index (χ1v) is 8.55. The summed E-state index contributed by atoms with van der Waals surface area (Å²) in [6, 6.07) is 13.8. The van der Waals surface area contributed by atoms with Crippen molar-refractivity contribution in [3.8, 4) is 5.75 Å². The highest BCUT2D eigenvalue weighted by Crippen LogP contribution is 2.24. The number of hydrogen-bond donors (Lipinski definition) is 1. The molecule has 120 valence electrons. The van der Waals surface area contributed by atoms with Crippen LogP contribution < -0.4 is 10.6 Å². The fraction of sp³-hybridized carbons (Fsp3) is 0.190. The summed E-state index contributed by atoms with van der Waals surface area (Å²) >= 11 is 0. The molecule has 2 heterocycles. The van der Waals surface area contributed by atoms with Crippen LogP contribution in [0.4, 0.5) is 0 Å². The Hall–Kier alpha value is -2.81. The topological polar surface area (TPSA) is 37.5 Å². The van der Waals surface area contributed by atoms with Crippen molar-refractivity contribution in [3.05, 3.63) is 53.0 Å². The maximum absolute atomic E-state index is 9.91. The third-order valence-electron chi connectivity index (χ3n) is 4.46. The Morgan fingerprint density at radius 1 is 0.958 bits per heavy atom. The normalized spacial score (nSPS) is 13.1. The Kier molecular flexibility index (Phi) is 3.49. The number of phenolic OH excluding ortho intramolecular Hbond substituents is 1. The fourth-order valence-corrected chi connectivity index (χ4v) is 3.52. The van der Waals surface area contributed by atoms with Gasteiger partial charge in [-0.3, -0.25) is 4.40 Å². The molecular weight excluding hydrogens is 296 g/mol. The van der Waals surface area contributed by atoms with Crippen molar-refractivity contribution in [1.82, 2.24) is 9.38 Å². The first kappa shape index (κ1) is 14.8. The number of phenols is 1. The van der Waals surface area contributed by atoms with Crippen LogP contribution in [0.3, 0.4) is 0 Å². The van der Waals surface area contributed by atoms with E-state index >= 15 is 0 Å². The molecule has 2 aromatic carbocycles. The highest BCUT2D eigenvalue weighted by atomic mass is 16.3. The van der Waals surface area contributed by atoms with Gasteiger partial charge in [0.15, 0.2) is 0 Å². The fourth-order valence-electron chi connectivity index (χ4n) is 3.52. The molecule has 2 aromatic heterocycles. The summed E-state index contributed by atoms with van der Waals surface area (Å²) < 4.78 is 2.22. The molecule has 24 heavy (non-hydrogen) atoms. The lowest BCUT2D eigenvalue weighted by Crippen LogP contribution is -2.34. The van der Waals surface area contributed by atoms with E-state index in [2.05, 4.69) is 22.6 Å². The van der Waals surface area contributed by atoms with Crippen molar-refractivity contribution in [1.29, 1.82) is 0 Å².